The van der Waals surface area contributed by atoms with Crippen molar-refractivity contribution in [1.82, 2.24) is 10.3 Å². The number of aromatic amines is 1. The molecule has 0 bridgehead atoms. The molecule has 3 aromatic rings. The van der Waals surface area contributed by atoms with Crippen LogP contribution in [0, 0.1) is 6.92 Å². The smallest absolute Gasteiger partial charge is 0.339 e. The lowest BCUT2D eigenvalue weighted by molar-refractivity contribution is -0.120. The predicted molar refractivity (Wildman–Crippen MR) is 116 cm³/mol. The zero-order chi connectivity index (χ0) is 23.3. The number of rotatable bonds is 8. The van der Waals surface area contributed by atoms with Gasteiger partial charge in [0, 0.05) is 24.8 Å². The van der Waals surface area contributed by atoms with E-state index in [2.05, 4.69) is 15.6 Å². The minimum atomic E-state index is -0.617. The second-order valence-electron chi connectivity index (χ2n) is 7.11. The van der Waals surface area contributed by atoms with Gasteiger partial charge in [-0.05, 0) is 42.3 Å². The van der Waals surface area contributed by atoms with E-state index in [0.717, 1.165) is 5.56 Å². The molecular weight excluding hydrogens is 414 g/mol. The maximum absolute atomic E-state index is 12.5. The first-order valence-corrected chi connectivity index (χ1v) is 9.81. The highest BCUT2D eigenvalue weighted by Gasteiger charge is 2.24. The van der Waals surface area contributed by atoms with Gasteiger partial charge in [-0.3, -0.25) is 14.4 Å². The molecule has 1 aromatic carbocycles. The number of esters is 1. The van der Waals surface area contributed by atoms with Crippen LogP contribution in [-0.4, -0.2) is 35.7 Å². The fourth-order valence-electron chi connectivity index (χ4n) is 3.30. The number of hydrogen-bond donors (Lipinski definition) is 3. The van der Waals surface area contributed by atoms with Gasteiger partial charge in [-0.1, -0.05) is 12.1 Å². The Kier molecular flexibility index (Phi) is 6.89. The number of amides is 2. The molecule has 32 heavy (non-hydrogen) atoms. The molecule has 0 spiro atoms. The van der Waals surface area contributed by atoms with Crippen LogP contribution < -0.4 is 10.6 Å². The molecule has 2 heterocycles. The number of Topliss-reactive ketones (excluding diaryl/α,β-unsaturated/α-hetero) is 1. The Hall–Kier alpha value is -4.14. The first-order valence-electron chi connectivity index (χ1n) is 9.81. The second kappa shape index (κ2) is 9.78. The van der Waals surface area contributed by atoms with Crippen LogP contribution in [0.2, 0.25) is 0 Å². The van der Waals surface area contributed by atoms with Gasteiger partial charge >= 0.3 is 5.97 Å². The zero-order valence-electron chi connectivity index (χ0n) is 17.9. The minimum Gasteiger partial charge on any atom is -0.465 e. The number of benzene rings is 1. The Balaban J connectivity index is 1.65. The molecule has 0 aliphatic carbocycles. The molecule has 2 aromatic heterocycles. The van der Waals surface area contributed by atoms with Crippen molar-refractivity contribution >= 4 is 29.3 Å². The number of ether oxygens (including phenoxy) is 1. The first-order chi connectivity index (χ1) is 15.3. The number of methoxy groups -OCH3 is 1. The highest BCUT2D eigenvalue weighted by atomic mass is 16.5. The monoisotopic (exact) mass is 437 g/mol. The quantitative estimate of drug-likeness (QED) is 0.367. The average molecular weight is 437 g/mol. The van der Waals surface area contributed by atoms with Gasteiger partial charge in [-0.25, -0.2) is 4.79 Å². The van der Waals surface area contributed by atoms with E-state index >= 15 is 0 Å². The van der Waals surface area contributed by atoms with E-state index in [1.54, 1.807) is 43.3 Å². The molecule has 9 heteroatoms. The fraction of sp³-hybridized carbons (Fsp3) is 0.217. The summed E-state index contributed by atoms with van der Waals surface area (Å²) in [5.74, 6) is -1.40. The minimum absolute atomic E-state index is 0.131. The summed E-state index contributed by atoms with van der Waals surface area (Å²) in [6, 6.07) is 10.2. The van der Waals surface area contributed by atoms with Crippen molar-refractivity contribution in [1.29, 1.82) is 0 Å². The Morgan fingerprint density at radius 2 is 1.91 bits per heavy atom. The van der Waals surface area contributed by atoms with Crippen molar-refractivity contribution in [3.05, 3.63) is 76.5 Å². The number of aromatic nitrogens is 1. The number of hydrogen-bond acceptors (Lipinski definition) is 6. The molecule has 0 atom stereocenters. The van der Waals surface area contributed by atoms with E-state index in [1.165, 1.54) is 20.3 Å². The summed E-state index contributed by atoms with van der Waals surface area (Å²) in [5, 5.41) is 5.49. The van der Waals surface area contributed by atoms with Crippen molar-refractivity contribution in [3.63, 3.8) is 0 Å². The van der Waals surface area contributed by atoms with E-state index in [4.69, 9.17) is 9.15 Å². The van der Waals surface area contributed by atoms with Crippen molar-refractivity contribution in [2.24, 2.45) is 0 Å². The van der Waals surface area contributed by atoms with E-state index in [0.29, 0.717) is 16.9 Å². The molecule has 0 aliphatic heterocycles. The van der Waals surface area contributed by atoms with Crippen LogP contribution in [0.15, 0.2) is 47.1 Å². The number of carbonyl (C=O) groups is 4. The van der Waals surface area contributed by atoms with Gasteiger partial charge in [0.25, 0.3) is 5.91 Å². The van der Waals surface area contributed by atoms with E-state index in [-0.39, 0.29) is 47.6 Å². The standard InChI is InChI=1S/C23H23N3O6/c1-13-20(23(30)31-3)17(26-21(13)14(2)27)11-19(28)24-12-15-6-4-7-16(10-15)25-22(29)18-8-5-9-32-18/h4-10,26H,11-12H2,1-3H3,(H,24,28)(H,25,29). The van der Waals surface area contributed by atoms with Gasteiger partial charge in [0.05, 0.1) is 31.1 Å². The summed E-state index contributed by atoms with van der Waals surface area (Å²) in [5.41, 5.74) is 2.54. The number of carbonyl (C=O) groups excluding carboxylic acids is 4. The van der Waals surface area contributed by atoms with Crippen LogP contribution in [0.5, 0.6) is 0 Å². The molecule has 0 unspecified atom stereocenters. The SMILES string of the molecule is COC(=O)c1c(CC(=O)NCc2cccc(NC(=O)c3ccco3)c2)[nH]c(C(C)=O)c1C. The average Bonchev–Trinajstić information content (AvgIpc) is 3.40. The van der Waals surface area contributed by atoms with Gasteiger partial charge in [-0.15, -0.1) is 0 Å². The Labute approximate surface area is 184 Å². The predicted octanol–water partition coefficient (Wildman–Crippen LogP) is 3.02. The van der Waals surface area contributed by atoms with Crippen LogP contribution in [-0.2, 0) is 22.5 Å². The van der Waals surface area contributed by atoms with Crippen LogP contribution in [0.25, 0.3) is 0 Å². The van der Waals surface area contributed by atoms with Crippen LogP contribution in [0.1, 0.15) is 55.1 Å². The summed E-state index contributed by atoms with van der Waals surface area (Å²) in [6.45, 7) is 3.21. The van der Waals surface area contributed by atoms with Gasteiger partial charge in [0.2, 0.25) is 5.91 Å². The number of ketones is 1. The molecule has 9 nitrogen and oxygen atoms in total. The summed E-state index contributed by atoms with van der Waals surface area (Å²) in [6.07, 6.45) is 1.28. The topological polar surface area (TPSA) is 130 Å². The highest BCUT2D eigenvalue weighted by Crippen LogP contribution is 2.21. The van der Waals surface area contributed by atoms with Gasteiger partial charge in [-0.2, -0.15) is 0 Å². The summed E-state index contributed by atoms with van der Waals surface area (Å²) < 4.78 is 9.86. The van der Waals surface area contributed by atoms with Crippen LogP contribution in [0.4, 0.5) is 5.69 Å². The van der Waals surface area contributed by atoms with E-state index in [9.17, 15) is 19.2 Å². The van der Waals surface area contributed by atoms with E-state index < -0.39 is 5.97 Å². The Morgan fingerprint density at radius 3 is 2.56 bits per heavy atom. The lowest BCUT2D eigenvalue weighted by Crippen LogP contribution is -2.25. The van der Waals surface area contributed by atoms with Crippen molar-refractivity contribution in [2.45, 2.75) is 26.8 Å². The van der Waals surface area contributed by atoms with Crippen LogP contribution >= 0.6 is 0 Å². The lowest BCUT2D eigenvalue weighted by Gasteiger charge is -2.09. The normalized spacial score (nSPS) is 10.5. The number of nitrogens with one attached hydrogen (secondary N) is 3. The molecule has 0 saturated carbocycles. The molecule has 2 amide bonds. The molecule has 0 aliphatic rings. The zero-order valence-corrected chi connectivity index (χ0v) is 17.9. The molecule has 0 saturated heterocycles. The van der Waals surface area contributed by atoms with Crippen molar-refractivity contribution < 1.29 is 28.3 Å². The number of furan rings is 1. The Morgan fingerprint density at radius 1 is 1.12 bits per heavy atom. The largest absolute Gasteiger partial charge is 0.465 e. The lowest BCUT2D eigenvalue weighted by atomic mass is 10.1. The third-order valence-electron chi connectivity index (χ3n) is 4.83. The first kappa shape index (κ1) is 22.5. The highest BCUT2D eigenvalue weighted by molar-refractivity contribution is 6.02. The summed E-state index contributed by atoms with van der Waals surface area (Å²) >= 11 is 0. The summed E-state index contributed by atoms with van der Waals surface area (Å²) in [7, 11) is 1.24. The Bertz CT molecular complexity index is 1160. The van der Waals surface area contributed by atoms with Gasteiger partial charge in [0.1, 0.15) is 0 Å². The van der Waals surface area contributed by atoms with Crippen molar-refractivity contribution in [2.75, 3.05) is 12.4 Å². The van der Waals surface area contributed by atoms with Crippen LogP contribution in [0.3, 0.4) is 0 Å². The number of H-pyrrole nitrogens is 1. The summed E-state index contributed by atoms with van der Waals surface area (Å²) in [4.78, 5) is 51.4. The second-order valence-corrected chi connectivity index (χ2v) is 7.11. The molecule has 166 valence electrons. The third-order valence-corrected chi connectivity index (χ3v) is 4.83. The van der Waals surface area contributed by atoms with Gasteiger partial charge in [0.15, 0.2) is 11.5 Å². The molecular formula is C23H23N3O6. The molecule has 3 N–H and O–H groups in total. The molecule has 3 rings (SSSR count). The van der Waals surface area contributed by atoms with E-state index in [1.807, 2.05) is 0 Å². The van der Waals surface area contributed by atoms with Crippen molar-refractivity contribution in [3.8, 4) is 0 Å². The maximum atomic E-state index is 12.5. The third kappa shape index (κ3) is 5.12. The number of anilines is 1. The molecule has 0 radical (unpaired) electrons. The molecule has 0 fully saturated rings. The fourth-order valence-corrected chi connectivity index (χ4v) is 3.30. The van der Waals surface area contributed by atoms with Gasteiger partial charge < -0.3 is 24.8 Å². The maximum Gasteiger partial charge on any atom is 0.339 e.